The number of amides is 2. The van der Waals surface area contributed by atoms with Gasteiger partial charge < -0.3 is 10.2 Å². The van der Waals surface area contributed by atoms with E-state index in [4.69, 9.17) is 23.2 Å². The summed E-state index contributed by atoms with van der Waals surface area (Å²) >= 11 is 16.2. The molecular formula is C29H32BrCl2N3O4S. The zero-order chi connectivity index (χ0) is 29.6. The Hall–Kier alpha value is -2.59. The molecule has 0 radical (unpaired) electrons. The lowest BCUT2D eigenvalue weighted by Gasteiger charge is -2.33. The van der Waals surface area contributed by atoms with Crippen molar-refractivity contribution >= 4 is 66.7 Å². The molecule has 214 valence electrons. The van der Waals surface area contributed by atoms with E-state index in [1.54, 1.807) is 61.5 Å². The Morgan fingerprint density at radius 2 is 1.52 bits per heavy atom. The molecule has 2 atom stereocenters. The third kappa shape index (κ3) is 7.78. The van der Waals surface area contributed by atoms with Crippen LogP contribution in [0, 0.1) is 6.92 Å². The van der Waals surface area contributed by atoms with Gasteiger partial charge in [-0.25, -0.2) is 8.42 Å². The van der Waals surface area contributed by atoms with Crippen molar-refractivity contribution in [3.8, 4) is 0 Å². The Bertz CT molecular complexity index is 1430. The summed E-state index contributed by atoms with van der Waals surface area (Å²) in [5.41, 5.74) is 1.65. The van der Waals surface area contributed by atoms with E-state index in [-0.39, 0.29) is 23.4 Å². The van der Waals surface area contributed by atoms with E-state index in [0.29, 0.717) is 27.7 Å². The topological polar surface area (TPSA) is 86.8 Å². The molecular weight excluding hydrogens is 637 g/mol. The molecule has 7 nitrogen and oxygen atoms in total. The van der Waals surface area contributed by atoms with Gasteiger partial charge in [0.05, 0.1) is 10.6 Å². The monoisotopic (exact) mass is 667 g/mol. The Balaban J connectivity index is 2.06. The number of halogens is 3. The largest absolute Gasteiger partial charge is 0.352 e. The Morgan fingerprint density at radius 3 is 2.08 bits per heavy atom. The number of rotatable bonds is 11. The van der Waals surface area contributed by atoms with Crippen molar-refractivity contribution in [2.24, 2.45) is 0 Å². The van der Waals surface area contributed by atoms with Gasteiger partial charge in [-0.2, -0.15) is 0 Å². The fourth-order valence-corrected chi connectivity index (χ4v) is 6.07. The molecule has 0 fully saturated rings. The molecule has 3 rings (SSSR count). The number of carbonyl (C=O) groups is 2. The molecule has 0 aromatic heterocycles. The first-order chi connectivity index (χ1) is 18.8. The summed E-state index contributed by atoms with van der Waals surface area (Å²) in [7, 11) is -4.15. The normalized spacial score (nSPS) is 12.9. The lowest BCUT2D eigenvalue weighted by atomic mass is 10.1. The van der Waals surface area contributed by atoms with E-state index in [9.17, 15) is 18.0 Å². The minimum Gasteiger partial charge on any atom is -0.352 e. The molecule has 0 bridgehead atoms. The van der Waals surface area contributed by atoms with Crippen LogP contribution >= 0.6 is 39.1 Å². The second kappa shape index (κ2) is 13.9. The maximum Gasteiger partial charge on any atom is 0.264 e. The molecule has 3 aromatic rings. The van der Waals surface area contributed by atoms with Crippen LogP contribution in [0.15, 0.2) is 76.1 Å². The van der Waals surface area contributed by atoms with Gasteiger partial charge in [0.25, 0.3) is 10.0 Å². The van der Waals surface area contributed by atoms with Crippen molar-refractivity contribution < 1.29 is 18.0 Å². The maximum absolute atomic E-state index is 14.0. The van der Waals surface area contributed by atoms with Crippen molar-refractivity contribution in [1.29, 1.82) is 0 Å². The molecule has 11 heteroatoms. The number of benzene rings is 3. The fourth-order valence-electron chi connectivity index (χ4n) is 3.88. The highest BCUT2D eigenvalue weighted by Crippen LogP contribution is 2.29. The van der Waals surface area contributed by atoms with Gasteiger partial charge in [0.2, 0.25) is 11.8 Å². The van der Waals surface area contributed by atoms with Crippen molar-refractivity contribution in [2.45, 2.75) is 57.6 Å². The molecule has 0 saturated carbocycles. The highest BCUT2D eigenvalue weighted by atomic mass is 79.9. The fraction of sp³-hybridized carbons (Fsp3) is 0.310. The summed E-state index contributed by atoms with van der Waals surface area (Å²) < 4.78 is 29.5. The summed E-state index contributed by atoms with van der Waals surface area (Å²) in [6.45, 7) is 6.61. The number of nitrogens with one attached hydrogen (secondary N) is 1. The van der Waals surface area contributed by atoms with E-state index < -0.39 is 28.5 Å². The van der Waals surface area contributed by atoms with Crippen molar-refractivity contribution in [3.63, 3.8) is 0 Å². The molecule has 40 heavy (non-hydrogen) atoms. The lowest BCUT2D eigenvalue weighted by Crippen LogP contribution is -2.52. The van der Waals surface area contributed by atoms with Gasteiger partial charge in [-0.3, -0.25) is 13.9 Å². The summed E-state index contributed by atoms with van der Waals surface area (Å²) in [5, 5.41) is 3.56. The number of nitrogens with zero attached hydrogens (tertiary/aromatic N) is 2. The lowest BCUT2D eigenvalue weighted by molar-refractivity contribution is -0.139. The predicted octanol–water partition coefficient (Wildman–Crippen LogP) is 6.59. The summed E-state index contributed by atoms with van der Waals surface area (Å²) in [4.78, 5) is 28.5. The van der Waals surface area contributed by atoms with Crippen molar-refractivity contribution in [1.82, 2.24) is 10.2 Å². The molecule has 0 heterocycles. The standard InChI is InChI=1S/C29H32BrCl2N3O4S/c1-5-20(3)33-29(37)21(4)34(17-25-26(31)7-6-8-27(25)32)28(36)18-35(23-13-11-22(30)12-14-23)40(38,39)24-15-9-19(2)10-16-24/h6-16,20-21H,5,17-18H2,1-4H3,(H,33,37). The molecule has 0 saturated heterocycles. The third-order valence-corrected chi connectivity index (χ3v) is 9.59. The smallest absolute Gasteiger partial charge is 0.264 e. The second-order valence-corrected chi connectivity index (χ2v) is 13.1. The van der Waals surface area contributed by atoms with Crippen LogP contribution in [0.4, 0.5) is 5.69 Å². The van der Waals surface area contributed by atoms with Gasteiger partial charge >= 0.3 is 0 Å². The first kappa shape index (κ1) is 31.9. The zero-order valence-electron chi connectivity index (χ0n) is 22.7. The molecule has 0 aliphatic heterocycles. The molecule has 1 N–H and O–H groups in total. The Labute approximate surface area is 254 Å². The molecule has 0 spiro atoms. The average Bonchev–Trinajstić information content (AvgIpc) is 2.91. The SMILES string of the molecule is CCC(C)NC(=O)C(C)N(Cc1c(Cl)cccc1Cl)C(=O)CN(c1ccc(Br)cc1)S(=O)(=O)c1ccc(C)cc1. The van der Waals surface area contributed by atoms with Crippen LogP contribution in [0.2, 0.25) is 10.0 Å². The highest BCUT2D eigenvalue weighted by molar-refractivity contribution is 9.10. The molecule has 0 aliphatic rings. The quantitative estimate of drug-likeness (QED) is 0.250. The van der Waals surface area contributed by atoms with E-state index in [1.165, 1.54) is 17.0 Å². The van der Waals surface area contributed by atoms with Crippen molar-refractivity contribution in [3.05, 3.63) is 92.4 Å². The molecule has 2 amide bonds. The van der Waals surface area contributed by atoms with Gasteiger partial charge in [-0.1, -0.05) is 69.8 Å². The van der Waals surface area contributed by atoms with Gasteiger partial charge in [-0.15, -0.1) is 0 Å². The Morgan fingerprint density at radius 1 is 0.950 bits per heavy atom. The maximum atomic E-state index is 14.0. The number of hydrogen-bond acceptors (Lipinski definition) is 4. The molecule has 0 aliphatic carbocycles. The minimum atomic E-state index is -4.15. The average molecular weight is 669 g/mol. The number of aryl methyl sites for hydroxylation is 1. The number of hydrogen-bond donors (Lipinski definition) is 1. The van der Waals surface area contributed by atoms with Crippen LogP contribution in [0.5, 0.6) is 0 Å². The Kier molecular flexibility index (Phi) is 11.1. The van der Waals surface area contributed by atoms with E-state index >= 15 is 0 Å². The van der Waals surface area contributed by atoms with E-state index in [2.05, 4.69) is 21.2 Å². The number of anilines is 1. The summed E-state index contributed by atoms with van der Waals surface area (Å²) in [6, 6.07) is 16.9. The summed E-state index contributed by atoms with van der Waals surface area (Å²) in [6.07, 6.45) is 0.703. The minimum absolute atomic E-state index is 0.0390. The van der Waals surface area contributed by atoms with Crippen LogP contribution in [0.3, 0.4) is 0 Å². The van der Waals surface area contributed by atoms with Gasteiger partial charge in [-0.05, 0) is 75.7 Å². The number of sulfonamides is 1. The zero-order valence-corrected chi connectivity index (χ0v) is 26.6. The van der Waals surface area contributed by atoms with Gasteiger partial charge in [0, 0.05) is 32.7 Å². The summed E-state index contributed by atoms with van der Waals surface area (Å²) in [5.74, 6) is -0.969. The second-order valence-electron chi connectivity index (χ2n) is 9.52. The predicted molar refractivity (Wildman–Crippen MR) is 164 cm³/mol. The highest BCUT2D eigenvalue weighted by Gasteiger charge is 2.33. The third-order valence-electron chi connectivity index (χ3n) is 6.56. The molecule has 2 unspecified atom stereocenters. The van der Waals surface area contributed by atoms with Gasteiger partial charge in [0.15, 0.2) is 0 Å². The molecule has 3 aromatic carbocycles. The first-order valence-corrected chi connectivity index (χ1v) is 15.7. The van der Waals surface area contributed by atoms with Crippen LogP contribution in [-0.4, -0.2) is 43.8 Å². The van der Waals surface area contributed by atoms with Crippen LogP contribution in [0.1, 0.15) is 38.3 Å². The van der Waals surface area contributed by atoms with Crippen LogP contribution in [-0.2, 0) is 26.2 Å². The first-order valence-electron chi connectivity index (χ1n) is 12.7. The van der Waals surface area contributed by atoms with Gasteiger partial charge in [0.1, 0.15) is 12.6 Å². The van der Waals surface area contributed by atoms with E-state index in [0.717, 1.165) is 14.3 Å². The van der Waals surface area contributed by atoms with Crippen LogP contribution < -0.4 is 9.62 Å². The van der Waals surface area contributed by atoms with Crippen molar-refractivity contribution in [2.75, 3.05) is 10.8 Å². The van der Waals surface area contributed by atoms with Crippen LogP contribution in [0.25, 0.3) is 0 Å². The van der Waals surface area contributed by atoms with E-state index in [1.807, 2.05) is 20.8 Å². The number of carbonyl (C=O) groups excluding carboxylic acids is 2.